The highest BCUT2D eigenvalue weighted by molar-refractivity contribution is 7.96. The Balaban J connectivity index is 4.31. The lowest BCUT2D eigenvalue weighted by molar-refractivity contribution is -0.150. The van der Waals surface area contributed by atoms with Gasteiger partial charge in [0, 0.05) is 25.0 Å². The van der Waals surface area contributed by atoms with Crippen LogP contribution in [0.15, 0.2) is 0 Å². The van der Waals surface area contributed by atoms with Gasteiger partial charge in [-0.25, -0.2) is 0 Å². The second-order valence-corrected chi connectivity index (χ2v) is 6.52. The summed E-state index contributed by atoms with van der Waals surface area (Å²) in [7, 11) is 0. The molecule has 1 unspecified atom stereocenters. The molecule has 130 valence electrons. The van der Waals surface area contributed by atoms with Gasteiger partial charge in [-0.1, -0.05) is 25.8 Å². The highest BCUT2D eigenvalue weighted by atomic mass is 32.2. The average Bonchev–Trinajstić information content (AvgIpc) is 2.42. The maximum absolute atomic E-state index is 12.2. The van der Waals surface area contributed by atoms with Crippen molar-refractivity contribution in [2.45, 2.75) is 59.2 Å². The van der Waals surface area contributed by atoms with E-state index in [0.29, 0.717) is 19.5 Å². The summed E-state index contributed by atoms with van der Waals surface area (Å²) >= 11 is 1.50. The second-order valence-electron chi connectivity index (χ2n) is 5.82. The van der Waals surface area contributed by atoms with E-state index in [-0.39, 0.29) is 36.6 Å². The fourth-order valence-electron chi connectivity index (χ4n) is 1.87. The van der Waals surface area contributed by atoms with Crippen molar-refractivity contribution < 1.29 is 14.3 Å². The van der Waals surface area contributed by atoms with Crippen LogP contribution >= 0.6 is 11.9 Å². The highest BCUT2D eigenvalue weighted by Gasteiger charge is 2.21. The van der Waals surface area contributed by atoms with Gasteiger partial charge in [0.1, 0.15) is 6.10 Å². The monoisotopic (exact) mass is 333 g/mol. The summed E-state index contributed by atoms with van der Waals surface area (Å²) in [5, 5.41) is 3.02. The van der Waals surface area contributed by atoms with Crippen LogP contribution < -0.4 is 10.0 Å². The Kier molecular flexibility index (Phi) is 11.3. The Bertz CT molecular complexity index is 338. The molecule has 0 aliphatic carbocycles. The largest absolute Gasteiger partial charge is 0.460 e. The van der Waals surface area contributed by atoms with E-state index in [1.165, 1.54) is 11.9 Å². The third-order valence-corrected chi connectivity index (χ3v) is 3.46. The van der Waals surface area contributed by atoms with Crippen molar-refractivity contribution in [2.75, 3.05) is 25.9 Å². The molecule has 6 nitrogen and oxygen atoms in total. The van der Waals surface area contributed by atoms with Gasteiger partial charge < -0.3 is 15.0 Å². The molecule has 2 N–H and O–H groups in total. The van der Waals surface area contributed by atoms with E-state index in [9.17, 15) is 9.59 Å². The normalized spacial score (nSPS) is 12.5. The number of rotatable bonds is 11. The summed E-state index contributed by atoms with van der Waals surface area (Å²) in [4.78, 5) is 25.7. The molecule has 0 bridgehead atoms. The van der Waals surface area contributed by atoms with Gasteiger partial charge in [0.05, 0.1) is 13.1 Å². The number of carbonyl (C=O) groups is 2. The maximum Gasteiger partial charge on any atom is 0.320 e. The van der Waals surface area contributed by atoms with Crippen molar-refractivity contribution in [2.24, 2.45) is 0 Å². The first-order valence-corrected chi connectivity index (χ1v) is 8.98. The average molecular weight is 333 g/mol. The third kappa shape index (κ3) is 10.0. The molecule has 0 aromatic carbocycles. The summed E-state index contributed by atoms with van der Waals surface area (Å²) in [6.45, 7) is 10.9. The number of nitrogens with zero attached hydrogens (tertiary/aromatic N) is 1. The van der Waals surface area contributed by atoms with E-state index in [0.717, 1.165) is 0 Å². The zero-order valence-corrected chi connectivity index (χ0v) is 15.5. The number of hydrogen-bond acceptors (Lipinski definition) is 6. The van der Waals surface area contributed by atoms with Crippen LogP contribution in [0.2, 0.25) is 0 Å². The molecule has 0 fully saturated rings. The number of esters is 1. The second kappa shape index (κ2) is 11.7. The molecule has 0 aromatic rings. The minimum atomic E-state index is -0.318. The number of nitrogens with one attached hydrogen (secondary N) is 2. The predicted molar refractivity (Wildman–Crippen MR) is 91.7 cm³/mol. The molecule has 0 saturated heterocycles. The zero-order valence-electron chi connectivity index (χ0n) is 14.6. The Hall–Kier alpha value is -0.790. The van der Waals surface area contributed by atoms with Gasteiger partial charge >= 0.3 is 5.97 Å². The van der Waals surface area contributed by atoms with Crippen molar-refractivity contribution >= 4 is 23.8 Å². The van der Waals surface area contributed by atoms with Crippen molar-refractivity contribution in [3.05, 3.63) is 0 Å². The van der Waals surface area contributed by atoms with Crippen molar-refractivity contribution in [1.29, 1.82) is 0 Å². The predicted octanol–water partition coefficient (Wildman–Crippen LogP) is 1.41. The van der Waals surface area contributed by atoms with E-state index in [2.05, 4.69) is 10.0 Å². The van der Waals surface area contributed by atoms with Crippen LogP contribution in [-0.2, 0) is 14.3 Å². The summed E-state index contributed by atoms with van der Waals surface area (Å²) in [6.07, 6.45) is 2.05. The molecule has 0 radical (unpaired) electrons. The Morgan fingerprint density at radius 1 is 1.18 bits per heavy atom. The lowest BCUT2D eigenvalue weighted by atomic mass is 10.2. The van der Waals surface area contributed by atoms with Gasteiger partial charge in [-0.05, 0) is 27.0 Å². The first-order valence-electron chi connectivity index (χ1n) is 7.76. The smallest absolute Gasteiger partial charge is 0.320 e. The number of carbonyl (C=O) groups excluding carboxylic acids is 2. The Labute approximate surface area is 138 Å². The Morgan fingerprint density at radius 3 is 2.32 bits per heavy atom. The first kappa shape index (κ1) is 21.2. The molecule has 22 heavy (non-hydrogen) atoms. The van der Waals surface area contributed by atoms with Gasteiger partial charge in [-0.15, -0.1) is 0 Å². The summed E-state index contributed by atoms with van der Waals surface area (Å²) in [5.41, 5.74) is 0. The minimum absolute atomic E-state index is 0.0692. The topological polar surface area (TPSA) is 70.7 Å². The number of ether oxygens (including phenoxy) is 1. The fourth-order valence-corrected chi connectivity index (χ4v) is 2.18. The van der Waals surface area contributed by atoms with Gasteiger partial charge in [0.2, 0.25) is 5.91 Å². The summed E-state index contributed by atoms with van der Waals surface area (Å²) in [5.74, 6) is -0.221. The van der Waals surface area contributed by atoms with Crippen molar-refractivity contribution in [3.8, 4) is 0 Å². The van der Waals surface area contributed by atoms with Crippen molar-refractivity contribution in [1.82, 2.24) is 14.9 Å². The molecule has 0 aliphatic heterocycles. The molecule has 0 heterocycles. The molecule has 0 saturated carbocycles. The van der Waals surface area contributed by atoms with Crippen LogP contribution in [0, 0.1) is 0 Å². The highest BCUT2D eigenvalue weighted by Crippen LogP contribution is 2.06. The summed E-state index contributed by atoms with van der Waals surface area (Å²) < 4.78 is 8.40. The zero-order chi connectivity index (χ0) is 17.1. The third-order valence-electron chi connectivity index (χ3n) is 2.97. The lowest BCUT2D eigenvalue weighted by Gasteiger charge is -2.29. The molecule has 1 atom stereocenters. The van der Waals surface area contributed by atoms with E-state index in [4.69, 9.17) is 4.74 Å². The van der Waals surface area contributed by atoms with Crippen molar-refractivity contribution in [3.63, 3.8) is 0 Å². The van der Waals surface area contributed by atoms with Gasteiger partial charge in [0.15, 0.2) is 0 Å². The molecule has 0 rings (SSSR count). The van der Waals surface area contributed by atoms with Gasteiger partial charge in [-0.2, -0.15) is 0 Å². The molecule has 0 aromatic heterocycles. The SMILES string of the molecule is CSNCCC(=O)N(CC(C)OC(=O)CNC(C)C)C(C)C. The maximum atomic E-state index is 12.2. The molecule has 0 aliphatic rings. The number of amides is 1. The molecular weight excluding hydrogens is 302 g/mol. The molecule has 1 amide bonds. The van der Waals surface area contributed by atoms with Gasteiger partial charge in [0.25, 0.3) is 0 Å². The van der Waals surface area contributed by atoms with Crippen LogP contribution in [0.25, 0.3) is 0 Å². The van der Waals surface area contributed by atoms with Crippen LogP contribution in [0.3, 0.4) is 0 Å². The van der Waals surface area contributed by atoms with E-state index >= 15 is 0 Å². The fraction of sp³-hybridized carbons (Fsp3) is 0.867. The molecule has 0 spiro atoms. The first-order chi connectivity index (χ1) is 10.3. The standard InChI is InChI=1S/C15H31N3O3S/c1-11(2)16-9-15(20)21-13(5)10-18(12(3)4)14(19)7-8-17-22-6/h11-13,16-17H,7-10H2,1-6H3. The summed E-state index contributed by atoms with van der Waals surface area (Å²) in [6, 6.07) is 0.317. The number of hydrogen-bond donors (Lipinski definition) is 2. The van der Waals surface area contributed by atoms with Crippen LogP contribution in [-0.4, -0.2) is 60.9 Å². The molecular formula is C15H31N3O3S. The quantitative estimate of drug-likeness (QED) is 0.338. The van der Waals surface area contributed by atoms with E-state index < -0.39 is 0 Å². The lowest BCUT2D eigenvalue weighted by Crippen LogP contribution is -2.43. The van der Waals surface area contributed by atoms with Gasteiger partial charge in [-0.3, -0.25) is 14.3 Å². The minimum Gasteiger partial charge on any atom is -0.460 e. The molecule has 7 heteroatoms. The van der Waals surface area contributed by atoms with E-state index in [1.807, 2.05) is 40.9 Å². The van der Waals surface area contributed by atoms with Crippen LogP contribution in [0.1, 0.15) is 41.0 Å². The van der Waals surface area contributed by atoms with Crippen LogP contribution in [0.5, 0.6) is 0 Å². The Morgan fingerprint density at radius 2 is 1.82 bits per heavy atom. The van der Waals surface area contributed by atoms with E-state index in [1.54, 1.807) is 4.90 Å². The van der Waals surface area contributed by atoms with Crippen LogP contribution in [0.4, 0.5) is 0 Å².